The number of fused-ring (bicyclic) bond motifs is 1. The molecule has 3 rings (SSSR count). The Bertz CT molecular complexity index is 792. The van der Waals surface area contributed by atoms with E-state index in [-0.39, 0.29) is 12.1 Å². The molecule has 0 radical (unpaired) electrons. The molecule has 0 aliphatic carbocycles. The van der Waals surface area contributed by atoms with E-state index in [4.69, 9.17) is 4.74 Å². The summed E-state index contributed by atoms with van der Waals surface area (Å²) in [6.07, 6.45) is 3.49. The van der Waals surface area contributed by atoms with Gasteiger partial charge in [0.1, 0.15) is 5.60 Å². The molecule has 26 heavy (non-hydrogen) atoms. The van der Waals surface area contributed by atoms with Gasteiger partial charge in [-0.15, -0.1) is 0 Å². The second kappa shape index (κ2) is 7.09. The number of pyridine rings is 2. The minimum Gasteiger partial charge on any atom is -0.444 e. The molecule has 0 saturated carbocycles. The second-order valence-corrected chi connectivity index (χ2v) is 7.99. The monoisotopic (exact) mass is 356 g/mol. The zero-order chi connectivity index (χ0) is 18.9. The lowest BCUT2D eigenvalue weighted by atomic mass is 10.0. The molecule has 2 aromatic heterocycles. The van der Waals surface area contributed by atoms with Crippen molar-refractivity contribution in [1.29, 1.82) is 0 Å². The highest BCUT2D eigenvalue weighted by Gasteiger charge is 2.28. The summed E-state index contributed by atoms with van der Waals surface area (Å²) in [6.45, 7) is 9.44. The lowest BCUT2D eigenvalue weighted by Crippen LogP contribution is -2.47. The molecule has 0 N–H and O–H groups in total. The van der Waals surface area contributed by atoms with E-state index in [0.717, 1.165) is 48.3 Å². The third-order valence-corrected chi connectivity index (χ3v) is 4.72. The Hall–Kier alpha value is -2.37. The molecule has 0 bridgehead atoms. The van der Waals surface area contributed by atoms with Crippen molar-refractivity contribution >= 4 is 22.8 Å². The van der Waals surface area contributed by atoms with Crippen LogP contribution in [-0.4, -0.2) is 52.7 Å². The molecule has 1 saturated heterocycles. The van der Waals surface area contributed by atoms with Crippen molar-refractivity contribution in [2.24, 2.45) is 0 Å². The molecule has 6 nitrogen and oxygen atoms in total. The first kappa shape index (κ1) is 18.4. The summed E-state index contributed by atoms with van der Waals surface area (Å²) in [7, 11) is 1.83. The zero-order valence-electron chi connectivity index (χ0n) is 16.3. The third kappa shape index (κ3) is 4.23. The first-order valence-electron chi connectivity index (χ1n) is 9.17. The smallest absolute Gasteiger partial charge is 0.410 e. The molecule has 1 amide bonds. The fraction of sp³-hybridized carbons (Fsp3) is 0.550. The van der Waals surface area contributed by atoms with Crippen molar-refractivity contribution in [3.8, 4) is 0 Å². The molecular weight excluding hydrogens is 328 g/mol. The maximum atomic E-state index is 12.3. The van der Waals surface area contributed by atoms with E-state index in [2.05, 4.69) is 20.9 Å². The van der Waals surface area contributed by atoms with Crippen LogP contribution in [0.1, 0.15) is 39.3 Å². The van der Waals surface area contributed by atoms with Gasteiger partial charge in [-0.2, -0.15) is 0 Å². The van der Waals surface area contributed by atoms with Crippen LogP contribution < -0.4 is 4.90 Å². The van der Waals surface area contributed by atoms with Crippen LogP contribution in [-0.2, 0) is 4.74 Å². The Kier molecular flexibility index (Phi) is 5.03. The van der Waals surface area contributed by atoms with Crippen molar-refractivity contribution < 1.29 is 9.53 Å². The van der Waals surface area contributed by atoms with Crippen LogP contribution in [0.4, 0.5) is 10.5 Å². The summed E-state index contributed by atoms with van der Waals surface area (Å²) >= 11 is 0. The number of ether oxygens (including phenoxy) is 1. The number of aryl methyl sites for hydroxylation is 1. The van der Waals surface area contributed by atoms with Gasteiger partial charge in [-0.3, -0.25) is 9.97 Å². The molecular formula is C20H28N4O2. The SMILES string of the molecule is Cc1ccc2ncc(N3CCC(N(C)C(=O)OC(C)(C)C)CC3)cc2n1. The highest BCUT2D eigenvalue weighted by Crippen LogP contribution is 2.25. The Morgan fingerprint density at radius 2 is 1.92 bits per heavy atom. The van der Waals surface area contributed by atoms with Gasteiger partial charge in [0, 0.05) is 31.9 Å². The summed E-state index contributed by atoms with van der Waals surface area (Å²) in [5.74, 6) is 0. The molecule has 0 unspecified atom stereocenters. The Morgan fingerprint density at radius 3 is 2.58 bits per heavy atom. The molecule has 140 valence electrons. The van der Waals surface area contributed by atoms with Gasteiger partial charge in [0.15, 0.2) is 0 Å². The summed E-state index contributed by atoms with van der Waals surface area (Å²) in [4.78, 5) is 25.4. The molecule has 1 fully saturated rings. The van der Waals surface area contributed by atoms with Gasteiger partial charge in [0.25, 0.3) is 0 Å². The molecule has 0 atom stereocenters. The second-order valence-electron chi connectivity index (χ2n) is 7.99. The summed E-state index contributed by atoms with van der Waals surface area (Å²) in [5, 5.41) is 0. The van der Waals surface area contributed by atoms with E-state index in [0.29, 0.717) is 0 Å². The van der Waals surface area contributed by atoms with E-state index < -0.39 is 5.60 Å². The molecule has 3 heterocycles. The maximum absolute atomic E-state index is 12.3. The third-order valence-electron chi connectivity index (χ3n) is 4.72. The Morgan fingerprint density at radius 1 is 1.23 bits per heavy atom. The fourth-order valence-electron chi connectivity index (χ4n) is 3.27. The first-order chi connectivity index (χ1) is 12.2. The summed E-state index contributed by atoms with van der Waals surface area (Å²) < 4.78 is 5.48. The van der Waals surface area contributed by atoms with Crippen LogP contribution >= 0.6 is 0 Å². The van der Waals surface area contributed by atoms with Gasteiger partial charge in [-0.1, -0.05) is 0 Å². The van der Waals surface area contributed by atoms with E-state index >= 15 is 0 Å². The lowest BCUT2D eigenvalue weighted by molar-refractivity contribution is 0.0201. The van der Waals surface area contributed by atoms with Crippen LogP contribution in [0.15, 0.2) is 24.4 Å². The van der Waals surface area contributed by atoms with E-state index in [1.54, 1.807) is 4.90 Å². The van der Waals surface area contributed by atoms with Gasteiger partial charge in [0.2, 0.25) is 0 Å². The van der Waals surface area contributed by atoms with Crippen LogP contribution in [0.3, 0.4) is 0 Å². The minimum absolute atomic E-state index is 0.204. The van der Waals surface area contributed by atoms with E-state index in [1.165, 1.54) is 0 Å². The number of hydrogen-bond donors (Lipinski definition) is 0. The number of carbonyl (C=O) groups is 1. The lowest BCUT2D eigenvalue weighted by Gasteiger charge is -2.38. The number of piperidine rings is 1. The minimum atomic E-state index is -0.464. The Balaban J connectivity index is 1.64. The molecule has 6 heteroatoms. The van der Waals surface area contributed by atoms with Crippen molar-refractivity contribution in [1.82, 2.24) is 14.9 Å². The highest BCUT2D eigenvalue weighted by molar-refractivity contribution is 5.78. The van der Waals surface area contributed by atoms with Gasteiger partial charge >= 0.3 is 6.09 Å². The standard InChI is InChI=1S/C20H28N4O2/c1-14-6-7-17-18(22-14)12-16(13-21-17)24-10-8-15(9-11-24)23(5)19(25)26-20(2,3)4/h6-7,12-13,15H,8-11H2,1-5H3. The van der Waals surface area contributed by atoms with Crippen molar-refractivity contribution in [2.45, 2.75) is 52.2 Å². The number of amides is 1. The van der Waals surface area contributed by atoms with Crippen LogP contribution in [0.25, 0.3) is 11.0 Å². The van der Waals surface area contributed by atoms with E-state index in [9.17, 15) is 4.79 Å². The summed E-state index contributed by atoms with van der Waals surface area (Å²) in [6, 6.07) is 6.29. The fourth-order valence-corrected chi connectivity index (χ4v) is 3.27. The van der Waals surface area contributed by atoms with E-state index in [1.807, 2.05) is 53.1 Å². The molecule has 0 spiro atoms. The number of nitrogens with zero attached hydrogens (tertiary/aromatic N) is 4. The average Bonchev–Trinajstić information content (AvgIpc) is 2.59. The number of aromatic nitrogens is 2. The van der Waals surface area contributed by atoms with Crippen LogP contribution in [0.5, 0.6) is 0 Å². The highest BCUT2D eigenvalue weighted by atomic mass is 16.6. The molecule has 1 aliphatic rings. The van der Waals surface area contributed by atoms with Crippen LogP contribution in [0, 0.1) is 6.92 Å². The number of rotatable bonds is 2. The average molecular weight is 356 g/mol. The normalized spacial score (nSPS) is 16.0. The molecule has 2 aromatic rings. The number of hydrogen-bond acceptors (Lipinski definition) is 5. The van der Waals surface area contributed by atoms with Crippen molar-refractivity contribution in [3.05, 3.63) is 30.1 Å². The quantitative estimate of drug-likeness (QED) is 0.820. The van der Waals surface area contributed by atoms with Crippen molar-refractivity contribution in [2.75, 3.05) is 25.0 Å². The van der Waals surface area contributed by atoms with Gasteiger partial charge in [0.05, 0.1) is 22.9 Å². The molecule has 1 aliphatic heterocycles. The maximum Gasteiger partial charge on any atom is 0.410 e. The van der Waals surface area contributed by atoms with Crippen molar-refractivity contribution in [3.63, 3.8) is 0 Å². The summed E-state index contributed by atoms with van der Waals surface area (Å²) in [5.41, 5.74) is 3.46. The predicted octanol–water partition coefficient (Wildman–Crippen LogP) is 3.77. The largest absolute Gasteiger partial charge is 0.444 e. The molecule has 0 aromatic carbocycles. The number of anilines is 1. The topological polar surface area (TPSA) is 58.6 Å². The van der Waals surface area contributed by atoms with Gasteiger partial charge in [-0.05, 0) is 58.7 Å². The number of carbonyl (C=O) groups excluding carboxylic acids is 1. The van der Waals surface area contributed by atoms with Crippen LogP contribution in [0.2, 0.25) is 0 Å². The zero-order valence-corrected chi connectivity index (χ0v) is 16.3. The predicted molar refractivity (Wildman–Crippen MR) is 104 cm³/mol. The Labute approximate surface area is 155 Å². The van der Waals surface area contributed by atoms with Gasteiger partial charge < -0.3 is 14.5 Å². The van der Waals surface area contributed by atoms with Gasteiger partial charge in [-0.25, -0.2) is 4.79 Å². The first-order valence-corrected chi connectivity index (χ1v) is 9.17.